The molecule has 2 heterocycles. The zero-order valence-corrected chi connectivity index (χ0v) is 10.3. The Morgan fingerprint density at radius 2 is 2.35 bits per heavy atom. The Morgan fingerprint density at radius 1 is 1.53 bits per heavy atom. The van der Waals surface area contributed by atoms with Crippen LogP contribution in [0.3, 0.4) is 0 Å². The highest BCUT2D eigenvalue weighted by molar-refractivity contribution is 7.13. The molecular formula is C11H16N2O3S. The fraction of sp³-hybridized carbons (Fsp3) is 0.636. The van der Waals surface area contributed by atoms with Gasteiger partial charge in [-0.2, -0.15) is 0 Å². The van der Waals surface area contributed by atoms with E-state index in [9.17, 15) is 9.90 Å². The number of aliphatic hydroxyl groups is 1. The van der Waals surface area contributed by atoms with Crippen LogP contribution in [-0.2, 0) is 0 Å². The first-order chi connectivity index (χ1) is 8.22. The van der Waals surface area contributed by atoms with Crippen LogP contribution in [0.25, 0.3) is 0 Å². The Hall–Kier alpha value is -1.14. The van der Waals surface area contributed by atoms with Crippen molar-refractivity contribution in [3.8, 4) is 0 Å². The molecule has 1 unspecified atom stereocenters. The van der Waals surface area contributed by atoms with Crippen LogP contribution in [-0.4, -0.2) is 40.4 Å². The maximum absolute atomic E-state index is 10.8. The van der Waals surface area contributed by atoms with E-state index < -0.39 is 5.97 Å². The summed E-state index contributed by atoms with van der Waals surface area (Å²) < 4.78 is 0. The lowest BCUT2D eigenvalue weighted by atomic mass is 10.1. The molecule has 6 heteroatoms. The van der Waals surface area contributed by atoms with Crippen molar-refractivity contribution in [3.05, 3.63) is 11.1 Å². The van der Waals surface area contributed by atoms with Crippen molar-refractivity contribution < 1.29 is 15.0 Å². The van der Waals surface area contributed by atoms with Gasteiger partial charge in [0.05, 0.1) is 12.6 Å². The van der Waals surface area contributed by atoms with Gasteiger partial charge in [-0.05, 0) is 12.8 Å². The number of anilines is 1. The van der Waals surface area contributed by atoms with Crippen LogP contribution in [0.15, 0.2) is 5.38 Å². The summed E-state index contributed by atoms with van der Waals surface area (Å²) in [4.78, 5) is 16.9. The van der Waals surface area contributed by atoms with E-state index in [-0.39, 0.29) is 18.3 Å². The van der Waals surface area contributed by atoms with Gasteiger partial charge < -0.3 is 15.1 Å². The molecule has 17 heavy (non-hydrogen) atoms. The summed E-state index contributed by atoms with van der Waals surface area (Å²) in [6.07, 6.45) is 4.28. The lowest BCUT2D eigenvalue weighted by Crippen LogP contribution is -2.37. The molecule has 0 aliphatic carbocycles. The average molecular weight is 256 g/mol. The first kappa shape index (κ1) is 12.3. The van der Waals surface area contributed by atoms with Crippen molar-refractivity contribution in [2.24, 2.45) is 0 Å². The third-order valence-electron chi connectivity index (χ3n) is 3.04. The molecular weight excluding hydrogens is 240 g/mol. The third-order valence-corrected chi connectivity index (χ3v) is 3.92. The van der Waals surface area contributed by atoms with E-state index in [4.69, 9.17) is 5.11 Å². The Labute approximate surface area is 104 Å². The molecule has 1 saturated heterocycles. The van der Waals surface area contributed by atoms with Gasteiger partial charge >= 0.3 is 5.97 Å². The molecule has 5 nitrogen and oxygen atoms in total. The molecule has 0 spiro atoms. The van der Waals surface area contributed by atoms with Gasteiger partial charge in [-0.15, -0.1) is 11.3 Å². The van der Waals surface area contributed by atoms with Crippen LogP contribution in [0.5, 0.6) is 0 Å². The number of carboxylic acids is 1. The first-order valence-corrected chi connectivity index (χ1v) is 6.66. The van der Waals surface area contributed by atoms with Crippen LogP contribution < -0.4 is 4.90 Å². The normalized spacial score (nSPS) is 21.2. The van der Waals surface area contributed by atoms with Crippen molar-refractivity contribution in [3.63, 3.8) is 0 Å². The molecule has 1 aliphatic rings. The molecule has 1 aromatic heterocycles. The highest BCUT2D eigenvalue weighted by Crippen LogP contribution is 2.27. The Morgan fingerprint density at radius 3 is 3.00 bits per heavy atom. The maximum atomic E-state index is 10.8. The topological polar surface area (TPSA) is 73.7 Å². The minimum absolute atomic E-state index is 0.0743. The lowest BCUT2D eigenvalue weighted by Gasteiger charge is -2.27. The number of rotatable bonds is 3. The van der Waals surface area contributed by atoms with Crippen molar-refractivity contribution in [1.29, 1.82) is 0 Å². The highest BCUT2D eigenvalue weighted by atomic mass is 32.1. The zero-order chi connectivity index (χ0) is 12.3. The largest absolute Gasteiger partial charge is 0.476 e. The van der Waals surface area contributed by atoms with E-state index in [2.05, 4.69) is 4.98 Å². The summed E-state index contributed by atoms with van der Waals surface area (Å²) in [5.41, 5.74) is 0.0888. The summed E-state index contributed by atoms with van der Waals surface area (Å²) in [6, 6.07) is 0.0743. The second-order valence-electron chi connectivity index (χ2n) is 4.20. The number of thiazole rings is 1. The molecule has 0 radical (unpaired) electrons. The molecule has 1 fully saturated rings. The summed E-state index contributed by atoms with van der Waals surface area (Å²) in [5.74, 6) is -0.997. The number of carboxylic acid groups (broad SMARTS) is 1. The minimum atomic E-state index is -0.997. The Balaban J connectivity index is 2.19. The molecule has 1 aliphatic heterocycles. The highest BCUT2D eigenvalue weighted by Gasteiger charge is 2.23. The molecule has 2 rings (SSSR count). The van der Waals surface area contributed by atoms with Gasteiger partial charge in [0, 0.05) is 11.9 Å². The van der Waals surface area contributed by atoms with Crippen molar-refractivity contribution in [2.45, 2.75) is 31.7 Å². The van der Waals surface area contributed by atoms with E-state index in [1.807, 2.05) is 4.90 Å². The van der Waals surface area contributed by atoms with Crippen molar-refractivity contribution >= 4 is 22.4 Å². The number of nitrogens with zero attached hydrogens (tertiary/aromatic N) is 2. The van der Waals surface area contributed by atoms with E-state index in [1.54, 1.807) is 5.38 Å². The van der Waals surface area contributed by atoms with Gasteiger partial charge in [-0.1, -0.05) is 12.8 Å². The monoisotopic (exact) mass is 256 g/mol. The van der Waals surface area contributed by atoms with Gasteiger partial charge in [-0.25, -0.2) is 9.78 Å². The molecule has 0 amide bonds. The molecule has 1 atom stereocenters. The van der Waals surface area contributed by atoms with Gasteiger partial charge in [0.2, 0.25) is 0 Å². The maximum Gasteiger partial charge on any atom is 0.355 e. The van der Waals surface area contributed by atoms with E-state index in [0.29, 0.717) is 5.13 Å². The first-order valence-electron chi connectivity index (χ1n) is 5.78. The summed E-state index contributed by atoms with van der Waals surface area (Å²) >= 11 is 1.34. The summed E-state index contributed by atoms with van der Waals surface area (Å²) in [7, 11) is 0. The summed E-state index contributed by atoms with van der Waals surface area (Å²) in [5, 5.41) is 20.5. The second kappa shape index (κ2) is 5.46. The molecule has 94 valence electrons. The molecule has 0 bridgehead atoms. The van der Waals surface area contributed by atoms with Crippen LogP contribution in [0, 0.1) is 0 Å². The van der Waals surface area contributed by atoms with Gasteiger partial charge in [0.15, 0.2) is 10.8 Å². The quantitative estimate of drug-likeness (QED) is 0.859. The lowest BCUT2D eigenvalue weighted by molar-refractivity contribution is 0.0691. The fourth-order valence-corrected chi connectivity index (χ4v) is 3.01. The fourth-order valence-electron chi connectivity index (χ4n) is 2.11. The number of carbonyl (C=O) groups is 1. The van der Waals surface area contributed by atoms with Crippen molar-refractivity contribution in [1.82, 2.24) is 4.98 Å². The Bertz CT molecular complexity index is 394. The number of aromatic nitrogens is 1. The molecule has 2 N–H and O–H groups in total. The van der Waals surface area contributed by atoms with Crippen LogP contribution in [0.2, 0.25) is 0 Å². The van der Waals surface area contributed by atoms with Crippen molar-refractivity contribution in [2.75, 3.05) is 18.1 Å². The zero-order valence-electron chi connectivity index (χ0n) is 9.50. The van der Waals surface area contributed by atoms with Crippen LogP contribution >= 0.6 is 11.3 Å². The third kappa shape index (κ3) is 2.76. The predicted octanol–water partition coefficient (Wildman–Crippen LogP) is 1.58. The summed E-state index contributed by atoms with van der Waals surface area (Å²) in [6.45, 7) is 0.944. The predicted molar refractivity (Wildman–Crippen MR) is 65.8 cm³/mol. The van der Waals surface area contributed by atoms with Crippen LogP contribution in [0.1, 0.15) is 36.2 Å². The van der Waals surface area contributed by atoms with Crippen LogP contribution in [0.4, 0.5) is 5.13 Å². The van der Waals surface area contributed by atoms with E-state index >= 15 is 0 Å². The molecule has 0 saturated carbocycles. The molecule has 1 aromatic rings. The minimum Gasteiger partial charge on any atom is -0.476 e. The Kier molecular flexibility index (Phi) is 3.96. The van der Waals surface area contributed by atoms with Gasteiger partial charge in [0.1, 0.15) is 0 Å². The van der Waals surface area contributed by atoms with E-state index in [1.165, 1.54) is 11.3 Å². The smallest absolute Gasteiger partial charge is 0.355 e. The molecule has 0 aromatic carbocycles. The number of aliphatic hydroxyl groups excluding tert-OH is 1. The SMILES string of the molecule is O=C(O)c1csc(N2CCCCCC2CO)n1. The second-order valence-corrected chi connectivity index (χ2v) is 5.04. The number of hydrogen-bond acceptors (Lipinski definition) is 5. The number of hydrogen-bond donors (Lipinski definition) is 2. The standard InChI is InChI=1S/C11H16N2O3S/c14-6-8-4-2-1-3-5-13(8)11-12-9(7-17-11)10(15)16/h7-8,14H,1-6H2,(H,15,16). The van der Waals surface area contributed by atoms with E-state index in [0.717, 1.165) is 32.2 Å². The average Bonchev–Trinajstić information content (AvgIpc) is 2.68. The number of aromatic carboxylic acids is 1. The van der Waals surface area contributed by atoms with Gasteiger partial charge in [-0.3, -0.25) is 0 Å². The van der Waals surface area contributed by atoms with Gasteiger partial charge in [0.25, 0.3) is 0 Å².